The van der Waals surface area contributed by atoms with Crippen LogP contribution in [0.25, 0.3) is 0 Å². The van der Waals surface area contributed by atoms with Gasteiger partial charge in [0.2, 0.25) is 0 Å². The van der Waals surface area contributed by atoms with Gasteiger partial charge in [-0.1, -0.05) is 6.92 Å². The number of hydrogen-bond acceptors (Lipinski definition) is 2. The maximum absolute atomic E-state index is 9.54. The van der Waals surface area contributed by atoms with Crippen molar-refractivity contribution in [2.24, 2.45) is 5.92 Å². The molecule has 0 heterocycles. The lowest BCUT2D eigenvalue weighted by Crippen LogP contribution is -1.99. The summed E-state index contributed by atoms with van der Waals surface area (Å²) in [6.07, 6.45) is 2.05. The Morgan fingerprint density at radius 1 is 1.86 bits per heavy atom. The summed E-state index contributed by atoms with van der Waals surface area (Å²) >= 11 is 0. The van der Waals surface area contributed by atoms with Gasteiger partial charge in [-0.2, -0.15) is 0 Å². The average Bonchev–Trinajstić information content (AvgIpc) is 1.68. The fourth-order valence-electron chi connectivity index (χ4n) is 0.207. The highest BCUT2D eigenvalue weighted by molar-refractivity contribution is 5.50. The molecule has 0 spiro atoms. The van der Waals surface area contributed by atoms with Gasteiger partial charge in [-0.05, 0) is 5.92 Å². The predicted molar refractivity (Wildman–Crippen MR) is 26.6 cm³/mol. The van der Waals surface area contributed by atoms with E-state index in [0.29, 0.717) is 6.42 Å². The first-order valence-corrected chi connectivity index (χ1v) is 2.27. The van der Waals surface area contributed by atoms with Gasteiger partial charge in [0.25, 0.3) is 0 Å². The van der Waals surface area contributed by atoms with E-state index in [1.165, 1.54) is 0 Å². The van der Waals surface area contributed by atoms with E-state index < -0.39 is 0 Å². The number of hydrogen-bond donors (Lipinski definition) is 1. The minimum Gasteiger partial charge on any atom is -0.396 e. The normalized spacial score (nSPS) is 13.4. The van der Waals surface area contributed by atoms with Crippen LogP contribution in [0.1, 0.15) is 13.3 Å². The third-order valence-electron chi connectivity index (χ3n) is 0.743. The van der Waals surface area contributed by atoms with Crippen molar-refractivity contribution in [3.8, 4) is 0 Å². The lowest BCUT2D eigenvalue weighted by molar-refractivity contribution is 0.240. The van der Waals surface area contributed by atoms with Crippen LogP contribution in [0.5, 0.6) is 0 Å². The predicted octanol–water partition coefficient (Wildman–Crippen LogP) is 0.115. The summed E-state index contributed by atoms with van der Waals surface area (Å²) in [5.74, 6) is 0.0810. The van der Waals surface area contributed by atoms with Crippen molar-refractivity contribution >= 4 is 6.29 Å². The number of aliphatic hydroxyl groups excluding tert-OH is 1. The molecular formula is C5H9O2. The van der Waals surface area contributed by atoms with Crippen molar-refractivity contribution in [2.45, 2.75) is 13.3 Å². The molecule has 0 aromatic heterocycles. The first-order chi connectivity index (χ1) is 3.31. The first-order valence-electron chi connectivity index (χ1n) is 2.27. The largest absolute Gasteiger partial charge is 0.396 e. The van der Waals surface area contributed by atoms with E-state index in [-0.39, 0.29) is 12.5 Å². The SMILES string of the molecule is CC(CO)C[C]=O. The fraction of sp³-hybridized carbons (Fsp3) is 0.800. The summed E-state index contributed by atoms with van der Waals surface area (Å²) in [6, 6.07) is 0. The summed E-state index contributed by atoms with van der Waals surface area (Å²) < 4.78 is 0. The van der Waals surface area contributed by atoms with Crippen molar-refractivity contribution in [1.82, 2.24) is 0 Å². The van der Waals surface area contributed by atoms with Crippen LogP contribution in [0, 0.1) is 5.92 Å². The van der Waals surface area contributed by atoms with E-state index in [9.17, 15) is 4.79 Å². The van der Waals surface area contributed by atoms with Crippen LogP contribution in [0.3, 0.4) is 0 Å². The standard InChI is InChI=1S/C5H9O2/c1-5(4-7)2-3-6/h5,7H,2,4H2,1H3. The second-order valence-corrected chi connectivity index (χ2v) is 1.64. The molecule has 0 saturated carbocycles. The summed E-state index contributed by atoms with van der Waals surface area (Å²) in [6.45, 7) is 1.88. The van der Waals surface area contributed by atoms with Crippen molar-refractivity contribution in [3.63, 3.8) is 0 Å². The van der Waals surface area contributed by atoms with Crippen molar-refractivity contribution < 1.29 is 9.90 Å². The summed E-state index contributed by atoms with van der Waals surface area (Å²) in [4.78, 5) is 9.54. The Hall–Kier alpha value is -0.370. The molecule has 0 aliphatic carbocycles. The van der Waals surface area contributed by atoms with E-state index in [0.717, 1.165) is 0 Å². The van der Waals surface area contributed by atoms with Crippen LogP contribution < -0.4 is 0 Å². The Morgan fingerprint density at radius 2 is 2.43 bits per heavy atom. The van der Waals surface area contributed by atoms with Gasteiger partial charge in [-0.15, -0.1) is 0 Å². The number of aliphatic hydroxyl groups is 1. The molecular weight excluding hydrogens is 92.1 g/mol. The minimum absolute atomic E-state index is 0.0786. The van der Waals surface area contributed by atoms with Gasteiger partial charge in [0.05, 0.1) is 0 Å². The molecule has 0 rings (SSSR count). The van der Waals surface area contributed by atoms with Gasteiger partial charge in [0.15, 0.2) is 6.29 Å². The second-order valence-electron chi connectivity index (χ2n) is 1.64. The fourth-order valence-corrected chi connectivity index (χ4v) is 0.207. The highest BCUT2D eigenvalue weighted by atomic mass is 16.3. The van der Waals surface area contributed by atoms with Gasteiger partial charge in [-0.25, -0.2) is 0 Å². The van der Waals surface area contributed by atoms with E-state index in [1.807, 2.05) is 0 Å². The third kappa shape index (κ3) is 3.46. The van der Waals surface area contributed by atoms with Crippen LogP contribution in [-0.2, 0) is 4.79 Å². The molecule has 0 bridgehead atoms. The van der Waals surface area contributed by atoms with Crippen LogP contribution >= 0.6 is 0 Å². The lowest BCUT2D eigenvalue weighted by Gasteiger charge is -1.96. The average molecular weight is 101 g/mol. The molecule has 0 aliphatic heterocycles. The molecule has 1 radical (unpaired) electrons. The van der Waals surface area contributed by atoms with Crippen molar-refractivity contribution in [2.75, 3.05) is 6.61 Å². The van der Waals surface area contributed by atoms with E-state index in [2.05, 4.69) is 0 Å². The Morgan fingerprint density at radius 3 is 2.57 bits per heavy atom. The van der Waals surface area contributed by atoms with Crippen LogP contribution in [0.15, 0.2) is 0 Å². The van der Waals surface area contributed by atoms with Crippen molar-refractivity contribution in [1.29, 1.82) is 0 Å². The van der Waals surface area contributed by atoms with Gasteiger partial charge in [-0.3, -0.25) is 4.79 Å². The molecule has 0 aliphatic rings. The van der Waals surface area contributed by atoms with Crippen LogP contribution in [-0.4, -0.2) is 18.0 Å². The highest BCUT2D eigenvalue weighted by Crippen LogP contribution is 1.94. The molecule has 0 fully saturated rings. The molecule has 0 saturated heterocycles. The molecule has 2 heteroatoms. The van der Waals surface area contributed by atoms with Crippen LogP contribution in [0.2, 0.25) is 0 Å². The highest BCUT2D eigenvalue weighted by Gasteiger charge is 1.95. The number of carbonyl (C=O) groups excluding carboxylic acids is 1. The van der Waals surface area contributed by atoms with Crippen molar-refractivity contribution in [3.05, 3.63) is 0 Å². The van der Waals surface area contributed by atoms with Crippen LogP contribution in [0.4, 0.5) is 0 Å². The lowest BCUT2D eigenvalue weighted by atomic mass is 10.1. The molecule has 1 N–H and O–H groups in total. The van der Waals surface area contributed by atoms with Gasteiger partial charge < -0.3 is 5.11 Å². The zero-order valence-electron chi connectivity index (χ0n) is 4.35. The van der Waals surface area contributed by atoms with Gasteiger partial charge >= 0.3 is 0 Å². The Bertz CT molecular complexity index is 52.0. The molecule has 0 aromatic carbocycles. The minimum atomic E-state index is 0.0786. The number of rotatable bonds is 3. The molecule has 2 nitrogen and oxygen atoms in total. The molecule has 1 atom stereocenters. The Kier molecular flexibility index (Phi) is 3.61. The van der Waals surface area contributed by atoms with E-state index >= 15 is 0 Å². The molecule has 0 amide bonds. The maximum atomic E-state index is 9.54. The molecule has 7 heavy (non-hydrogen) atoms. The Balaban J connectivity index is 2.98. The maximum Gasteiger partial charge on any atom is 0.198 e. The van der Waals surface area contributed by atoms with E-state index in [1.54, 1.807) is 13.2 Å². The van der Waals surface area contributed by atoms with Gasteiger partial charge in [0, 0.05) is 13.0 Å². The smallest absolute Gasteiger partial charge is 0.198 e. The third-order valence-corrected chi connectivity index (χ3v) is 0.743. The topological polar surface area (TPSA) is 37.3 Å². The zero-order valence-corrected chi connectivity index (χ0v) is 4.35. The molecule has 41 valence electrons. The Labute approximate surface area is 43.2 Å². The molecule has 0 aromatic rings. The summed E-state index contributed by atoms with van der Waals surface area (Å²) in [5.41, 5.74) is 0. The molecule has 1 unspecified atom stereocenters. The quantitative estimate of drug-likeness (QED) is 0.548. The first kappa shape index (κ1) is 6.63. The summed E-state index contributed by atoms with van der Waals surface area (Å²) in [5, 5.41) is 8.29. The monoisotopic (exact) mass is 101 g/mol. The van der Waals surface area contributed by atoms with E-state index in [4.69, 9.17) is 5.11 Å². The van der Waals surface area contributed by atoms with Gasteiger partial charge in [0.1, 0.15) is 0 Å². The zero-order chi connectivity index (χ0) is 5.70. The second kappa shape index (κ2) is 3.81. The summed E-state index contributed by atoms with van der Waals surface area (Å²) in [7, 11) is 0.